The van der Waals surface area contributed by atoms with Crippen LogP contribution in [0.3, 0.4) is 0 Å². The van der Waals surface area contributed by atoms with Gasteiger partial charge in [-0.1, -0.05) is 0 Å². The minimum atomic E-state index is 0.451. The van der Waals surface area contributed by atoms with Gasteiger partial charge in [0.2, 0.25) is 0 Å². The van der Waals surface area contributed by atoms with E-state index in [2.05, 4.69) is 26.2 Å². The lowest BCUT2D eigenvalue weighted by Gasteiger charge is -2.16. The first kappa shape index (κ1) is 11.9. The zero-order valence-corrected chi connectivity index (χ0v) is 11.1. The lowest BCUT2D eigenvalue weighted by atomic mass is 10.0. The second-order valence-corrected chi connectivity index (χ2v) is 5.28. The molecule has 88 valence electrons. The Morgan fingerprint density at radius 2 is 2.38 bits per heavy atom. The van der Waals surface area contributed by atoms with E-state index in [1.807, 2.05) is 18.3 Å². The molecule has 0 saturated heterocycles. The third-order valence-corrected chi connectivity index (χ3v) is 3.82. The van der Waals surface area contributed by atoms with Crippen LogP contribution in [0.4, 0.5) is 5.82 Å². The Morgan fingerprint density at radius 3 is 3.00 bits per heavy atom. The molecule has 0 atom stereocenters. The third kappa shape index (κ3) is 2.95. The molecule has 0 bridgehead atoms. The molecule has 1 N–H and O–H groups in total. The molecule has 0 radical (unpaired) electrons. The van der Waals surface area contributed by atoms with Crippen LogP contribution in [0.25, 0.3) is 0 Å². The first-order valence-corrected chi connectivity index (χ1v) is 6.38. The summed E-state index contributed by atoms with van der Waals surface area (Å²) in [6, 6.07) is 3.93. The van der Waals surface area contributed by atoms with Crippen LogP contribution in [0.2, 0.25) is 0 Å². The second kappa shape index (κ2) is 5.15. The minimum Gasteiger partial charge on any atom is -0.385 e. The minimum absolute atomic E-state index is 0.451. The molecular formula is C12H17BrN2O. The Hall–Kier alpha value is -0.610. The number of nitrogens with zero attached hydrogens (tertiary/aromatic N) is 1. The summed E-state index contributed by atoms with van der Waals surface area (Å²) in [5.41, 5.74) is 0.451. The Morgan fingerprint density at radius 1 is 1.56 bits per heavy atom. The zero-order chi connectivity index (χ0) is 11.4. The number of rotatable bonds is 6. The summed E-state index contributed by atoms with van der Waals surface area (Å²) >= 11 is 3.49. The molecule has 1 heterocycles. The molecule has 3 nitrogen and oxygen atoms in total. The molecule has 1 aromatic rings. The third-order valence-electron chi connectivity index (χ3n) is 3.18. The van der Waals surface area contributed by atoms with Crippen molar-refractivity contribution in [3.63, 3.8) is 0 Å². The summed E-state index contributed by atoms with van der Waals surface area (Å²) in [4.78, 5) is 4.30. The molecule has 1 aliphatic carbocycles. The van der Waals surface area contributed by atoms with Crippen molar-refractivity contribution in [3.05, 3.63) is 22.8 Å². The van der Waals surface area contributed by atoms with Crippen molar-refractivity contribution in [2.45, 2.75) is 19.3 Å². The number of halogens is 1. The molecule has 1 aliphatic rings. The second-order valence-electron chi connectivity index (χ2n) is 4.43. The molecule has 4 heteroatoms. The van der Waals surface area contributed by atoms with Gasteiger partial charge in [0.05, 0.1) is 4.47 Å². The van der Waals surface area contributed by atoms with Gasteiger partial charge in [-0.25, -0.2) is 4.98 Å². The molecule has 0 aliphatic heterocycles. The number of aromatic nitrogens is 1. The number of methoxy groups -OCH3 is 1. The van der Waals surface area contributed by atoms with Gasteiger partial charge < -0.3 is 10.1 Å². The van der Waals surface area contributed by atoms with Gasteiger partial charge in [0.15, 0.2) is 0 Å². The van der Waals surface area contributed by atoms with E-state index >= 15 is 0 Å². The van der Waals surface area contributed by atoms with Crippen molar-refractivity contribution in [2.24, 2.45) is 5.41 Å². The first-order valence-electron chi connectivity index (χ1n) is 5.59. The fourth-order valence-electron chi connectivity index (χ4n) is 1.80. The van der Waals surface area contributed by atoms with Gasteiger partial charge in [0.1, 0.15) is 5.82 Å². The number of hydrogen-bond donors (Lipinski definition) is 1. The monoisotopic (exact) mass is 284 g/mol. The smallest absolute Gasteiger partial charge is 0.140 e. The molecule has 0 aromatic carbocycles. The van der Waals surface area contributed by atoms with Crippen LogP contribution >= 0.6 is 15.9 Å². The zero-order valence-electron chi connectivity index (χ0n) is 9.50. The van der Waals surface area contributed by atoms with E-state index < -0.39 is 0 Å². The van der Waals surface area contributed by atoms with Gasteiger partial charge >= 0.3 is 0 Å². The number of anilines is 1. The summed E-state index contributed by atoms with van der Waals surface area (Å²) in [5.74, 6) is 0.936. The van der Waals surface area contributed by atoms with Crippen LogP contribution in [-0.4, -0.2) is 25.2 Å². The normalized spacial score (nSPS) is 17.1. The Bertz CT molecular complexity index is 353. The predicted molar refractivity (Wildman–Crippen MR) is 68.6 cm³/mol. The van der Waals surface area contributed by atoms with Gasteiger partial charge in [-0.15, -0.1) is 0 Å². The highest BCUT2D eigenvalue weighted by Crippen LogP contribution is 2.48. The first-order chi connectivity index (χ1) is 7.76. The summed E-state index contributed by atoms with van der Waals surface area (Å²) in [6.45, 7) is 1.84. The number of nitrogens with one attached hydrogen (secondary N) is 1. The molecule has 0 unspecified atom stereocenters. The van der Waals surface area contributed by atoms with E-state index in [1.54, 1.807) is 7.11 Å². The highest BCUT2D eigenvalue weighted by atomic mass is 79.9. The standard InChI is InChI=1S/C12H17BrN2O/c1-16-8-6-12(4-5-12)9-15-11-10(13)3-2-7-14-11/h2-3,7H,4-6,8-9H2,1H3,(H,14,15). The van der Waals surface area contributed by atoms with Crippen LogP contribution in [0, 0.1) is 5.41 Å². The maximum Gasteiger partial charge on any atom is 0.140 e. The van der Waals surface area contributed by atoms with Crippen LogP contribution in [-0.2, 0) is 4.74 Å². The number of hydrogen-bond acceptors (Lipinski definition) is 3. The van der Waals surface area contributed by atoms with Crippen LogP contribution in [0.15, 0.2) is 22.8 Å². The summed E-state index contributed by atoms with van der Waals surface area (Å²) in [5, 5.41) is 3.41. The molecule has 1 aromatic heterocycles. The van der Waals surface area contributed by atoms with Gasteiger partial charge in [0, 0.05) is 26.5 Å². The fraction of sp³-hybridized carbons (Fsp3) is 0.583. The molecule has 16 heavy (non-hydrogen) atoms. The molecule has 0 amide bonds. The predicted octanol–water partition coefficient (Wildman–Crippen LogP) is 3.07. The SMILES string of the molecule is COCCC1(CNc2ncccc2Br)CC1. The quantitative estimate of drug-likeness (QED) is 0.872. The highest BCUT2D eigenvalue weighted by Gasteiger charge is 2.41. The maximum atomic E-state index is 5.14. The van der Waals surface area contributed by atoms with Gasteiger partial charge in [-0.2, -0.15) is 0 Å². The van der Waals surface area contributed by atoms with E-state index in [0.29, 0.717) is 5.41 Å². The van der Waals surface area contributed by atoms with Crippen molar-refractivity contribution >= 4 is 21.7 Å². The maximum absolute atomic E-state index is 5.14. The average molecular weight is 285 g/mol. The molecular weight excluding hydrogens is 268 g/mol. The largest absolute Gasteiger partial charge is 0.385 e. The van der Waals surface area contributed by atoms with Crippen LogP contribution in [0.1, 0.15) is 19.3 Å². The molecule has 2 rings (SSSR count). The van der Waals surface area contributed by atoms with E-state index in [-0.39, 0.29) is 0 Å². The van der Waals surface area contributed by atoms with Crippen molar-refractivity contribution in [3.8, 4) is 0 Å². The van der Waals surface area contributed by atoms with Crippen molar-refractivity contribution in [2.75, 3.05) is 25.6 Å². The Kier molecular flexibility index (Phi) is 3.82. The van der Waals surface area contributed by atoms with Crippen LogP contribution in [0.5, 0.6) is 0 Å². The highest BCUT2D eigenvalue weighted by molar-refractivity contribution is 9.10. The average Bonchev–Trinajstić information content (AvgIpc) is 3.06. The molecule has 1 fully saturated rings. The summed E-state index contributed by atoms with van der Waals surface area (Å²) < 4.78 is 6.17. The lowest BCUT2D eigenvalue weighted by molar-refractivity contribution is 0.175. The molecule has 1 saturated carbocycles. The van der Waals surface area contributed by atoms with E-state index in [0.717, 1.165) is 29.9 Å². The van der Waals surface area contributed by atoms with Crippen molar-refractivity contribution < 1.29 is 4.74 Å². The Labute approximate surface area is 105 Å². The van der Waals surface area contributed by atoms with Gasteiger partial charge in [-0.3, -0.25) is 0 Å². The molecule has 0 spiro atoms. The number of ether oxygens (including phenoxy) is 1. The van der Waals surface area contributed by atoms with Gasteiger partial charge in [0.25, 0.3) is 0 Å². The van der Waals surface area contributed by atoms with Gasteiger partial charge in [-0.05, 0) is 52.7 Å². The summed E-state index contributed by atoms with van der Waals surface area (Å²) in [7, 11) is 1.76. The van der Waals surface area contributed by atoms with E-state index in [4.69, 9.17) is 4.74 Å². The summed E-state index contributed by atoms with van der Waals surface area (Å²) in [6.07, 6.45) is 5.55. The van der Waals surface area contributed by atoms with E-state index in [1.165, 1.54) is 12.8 Å². The Balaban J connectivity index is 1.85. The topological polar surface area (TPSA) is 34.1 Å². The number of pyridine rings is 1. The van der Waals surface area contributed by atoms with Crippen molar-refractivity contribution in [1.29, 1.82) is 0 Å². The van der Waals surface area contributed by atoms with Crippen LogP contribution < -0.4 is 5.32 Å². The lowest BCUT2D eigenvalue weighted by Crippen LogP contribution is -2.18. The van der Waals surface area contributed by atoms with Crippen molar-refractivity contribution in [1.82, 2.24) is 4.98 Å². The fourth-order valence-corrected chi connectivity index (χ4v) is 2.19. The van der Waals surface area contributed by atoms with E-state index in [9.17, 15) is 0 Å².